The molecule has 0 aliphatic carbocycles. The number of fused-ring (bicyclic) bond motifs is 4. The summed E-state index contributed by atoms with van der Waals surface area (Å²) in [6, 6.07) is 87.2. The highest BCUT2D eigenvalue weighted by Gasteiger charge is 2.16. The maximum Gasteiger partial charge on any atom is 0.164 e. The van der Waals surface area contributed by atoms with Crippen molar-refractivity contribution in [1.29, 1.82) is 5.26 Å². The molecule has 12 rings (SSSR count). The lowest BCUT2D eigenvalue weighted by atomic mass is 9.90. The molecule has 1 heterocycles. The minimum Gasteiger partial charge on any atom is -0.208 e. The van der Waals surface area contributed by atoms with E-state index in [0.29, 0.717) is 23.0 Å². The first kappa shape index (κ1) is 40.2. The molecule has 316 valence electrons. The van der Waals surface area contributed by atoms with Crippen molar-refractivity contribution in [3.63, 3.8) is 0 Å². The highest BCUT2D eigenvalue weighted by atomic mass is 15.0. The number of nitrogens with zero attached hydrogens (tertiary/aromatic N) is 4. The van der Waals surface area contributed by atoms with E-state index in [1.165, 1.54) is 43.4 Å². The van der Waals surface area contributed by atoms with E-state index in [0.717, 1.165) is 61.2 Å². The van der Waals surface area contributed by atoms with Crippen LogP contribution in [-0.2, 0) is 0 Å². The van der Waals surface area contributed by atoms with Crippen molar-refractivity contribution in [3.05, 3.63) is 248 Å². The standard InChI is InChI=1S/C64H40N4/c65-41-42-35-54(49-18-10-20-51(37-49)59-24-8-9-25-60(59)52-34-31-46-28-27-44-14-5-7-23-58(44)61(46)40-52)39-55(36-42)50-19-11-21-53(38-50)64-67-62(47-15-2-1-3-16-47)66-63(68-64)48-32-29-45(30-33-48)57-26-12-17-43-13-4-6-22-56(43)57/h1-40H. The fraction of sp³-hybridized carbons (Fsp3) is 0. The third-order valence-electron chi connectivity index (χ3n) is 12.9. The Morgan fingerprint density at radius 1 is 0.250 bits per heavy atom. The fourth-order valence-electron chi connectivity index (χ4n) is 9.51. The number of rotatable bonds is 8. The van der Waals surface area contributed by atoms with Crippen LogP contribution in [0.5, 0.6) is 0 Å². The molecule has 0 aliphatic rings. The molecule has 0 spiro atoms. The molecule has 0 unspecified atom stereocenters. The highest BCUT2D eigenvalue weighted by Crippen LogP contribution is 2.39. The molecular formula is C64H40N4. The molecule has 1 aromatic heterocycles. The third-order valence-corrected chi connectivity index (χ3v) is 12.9. The van der Waals surface area contributed by atoms with Gasteiger partial charge in [-0.2, -0.15) is 5.26 Å². The lowest BCUT2D eigenvalue weighted by Crippen LogP contribution is -2.00. The zero-order valence-electron chi connectivity index (χ0n) is 36.9. The van der Waals surface area contributed by atoms with Gasteiger partial charge in [-0.25, -0.2) is 15.0 Å². The van der Waals surface area contributed by atoms with Gasteiger partial charge in [0.25, 0.3) is 0 Å². The van der Waals surface area contributed by atoms with Gasteiger partial charge in [-0.1, -0.05) is 206 Å². The van der Waals surface area contributed by atoms with Crippen LogP contribution in [0.3, 0.4) is 0 Å². The Morgan fingerprint density at radius 3 is 1.35 bits per heavy atom. The van der Waals surface area contributed by atoms with Gasteiger partial charge in [0.2, 0.25) is 0 Å². The molecule has 0 radical (unpaired) electrons. The Bertz CT molecular complexity index is 3920. The highest BCUT2D eigenvalue weighted by molar-refractivity contribution is 6.09. The van der Waals surface area contributed by atoms with E-state index in [-0.39, 0.29) is 0 Å². The first-order chi connectivity index (χ1) is 33.6. The molecule has 4 heteroatoms. The Morgan fingerprint density at radius 2 is 0.662 bits per heavy atom. The summed E-state index contributed by atoms with van der Waals surface area (Å²) < 4.78 is 0. The van der Waals surface area contributed by atoms with Gasteiger partial charge in [0.05, 0.1) is 11.6 Å². The van der Waals surface area contributed by atoms with E-state index in [9.17, 15) is 5.26 Å². The third kappa shape index (κ3) is 7.64. The second-order valence-electron chi connectivity index (χ2n) is 17.1. The van der Waals surface area contributed by atoms with Crippen LogP contribution < -0.4 is 0 Å². The van der Waals surface area contributed by atoms with Crippen LogP contribution in [-0.4, -0.2) is 15.0 Å². The molecule has 12 aromatic rings. The van der Waals surface area contributed by atoms with Crippen molar-refractivity contribution < 1.29 is 0 Å². The van der Waals surface area contributed by atoms with Crippen LogP contribution in [0.25, 0.3) is 122 Å². The van der Waals surface area contributed by atoms with Crippen LogP contribution >= 0.6 is 0 Å². The van der Waals surface area contributed by atoms with Gasteiger partial charge in [0, 0.05) is 16.7 Å². The fourth-order valence-corrected chi connectivity index (χ4v) is 9.51. The minimum atomic E-state index is 0.566. The average Bonchev–Trinajstić information content (AvgIpc) is 3.42. The summed E-state index contributed by atoms with van der Waals surface area (Å²) in [6.45, 7) is 0. The van der Waals surface area contributed by atoms with Crippen LogP contribution in [0.2, 0.25) is 0 Å². The maximum atomic E-state index is 10.4. The van der Waals surface area contributed by atoms with Crippen molar-refractivity contribution in [2.75, 3.05) is 0 Å². The Balaban J connectivity index is 0.902. The van der Waals surface area contributed by atoms with Crippen LogP contribution in [0, 0.1) is 11.3 Å². The SMILES string of the molecule is N#Cc1cc(-c2cccc(-c3nc(-c4ccccc4)nc(-c4ccc(-c5cccc6ccccc56)cc4)n3)c2)cc(-c2cccc(-c3ccccc3-c3ccc4ccc5ccccc5c4c3)c2)c1. The zero-order chi connectivity index (χ0) is 45.4. The summed E-state index contributed by atoms with van der Waals surface area (Å²) in [5, 5.41) is 17.7. The molecule has 68 heavy (non-hydrogen) atoms. The van der Waals surface area contributed by atoms with Crippen molar-refractivity contribution in [3.8, 4) is 95.9 Å². The van der Waals surface area contributed by atoms with Crippen molar-refractivity contribution >= 4 is 32.3 Å². The van der Waals surface area contributed by atoms with Crippen LogP contribution in [0.4, 0.5) is 0 Å². The predicted octanol–water partition coefficient (Wildman–Crippen LogP) is 16.5. The first-order valence-electron chi connectivity index (χ1n) is 22.8. The Hall–Kier alpha value is -9.30. The monoisotopic (exact) mass is 864 g/mol. The van der Waals surface area contributed by atoms with Gasteiger partial charge in [-0.3, -0.25) is 0 Å². The summed E-state index contributed by atoms with van der Waals surface area (Å²) >= 11 is 0. The molecule has 4 nitrogen and oxygen atoms in total. The molecule has 11 aromatic carbocycles. The molecular weight excluding hydrogens is 825 g/mol. The molecule has 0 saturated heterocycles. The van der Waals surface area contributed by atoms with Crippen molar-refractivity contribution in [1.82, 2.24) is 15.0 Å². The summed E-state index contributed by atoms with van der Waals surface area (Å²) in [7, 11) is 0. The summed E-state index contributed by atoms with van der Waals surface area (Å²) in [4.78, 5) is 15.2. The van der Waals surface area contributed by atoms with Gasteiger partial charge >= 0.3 is 0 Å². The van der Waals surface area contributed by atoms with Gasteiger partial charge in [-0.05, 0) is 124 Å². The Kier molecular flexibility index (Phi) is 10.2. The number of hydrogen-bond donors (Lipinski definition) is 0. The van der Waals surface area contributed by atoms with E-state index in [4.69, 9.17) is 15.0 Å². The molecule has 0 aliphatic heterocycles. The van der Waals surface area contributed by atoms with Gasteiger partial charge in [-0.15, -0.1) is 0 Å². The summed E-state index contributed by atoms with van der Waals surface area (Å²) in [6.07, 6.45) is 0. The van der Waals surface area contributed by atoms with Crippen LogP contribution in [0.15, 0.2) is 243 Å². The second kappa shape index (κ2) is 17.2. The van der Waals surface area contributed by atoms with Crippen molar-refractivity contribution in [2.45, 2.75) is 0 Å². The second-order valence-corrected chi connectivity index (χ2v) is 17.1. The van der Waals surface area contributed by atoms with E-state index >= 15 is 0 Å². The van der Waals surface area contributed by atoms with E-state index in [2.05, 4.69) is 194 Å². The molecule has 0 fully saturated rings. The summed E-state index contributed by atoms with van der Waals surface area (Å²) in [5.74, 6) is 1.75. The summed E-state index contributed by atoms with van der Waals surface area (Å²) in [5.41, 5.74) is 14.0. The molecule has 0 N–H and O–H groups in total. The first-order valence-corrected chi connectivity index (χ1v) is 22.8. The largest absolute Gasteiger partial charge is 0.208 e. The van der Waals surface area contributed by atoms with E-state index < -0.39 is 0 Å². The molecule has 0 atom stereocenters. The number of hydrogen-bond acceptors (Lipinski definition) is 4. The number of nitriles is 1. The van der Waals surface area contributed by atoms with E-state index in [1.54, 1.807) is 0 Å². The quantitative estimate of drug-likeness (QED) is 0.143. The zero-order valence-corrected chi connectivity index (χ0v) is 36.9. The topological polar surface area (TPSA) is 62.5 Å². The van der Waals surface area contributed by atoms with Gasteiger partial charge in [0.15, 0.2) is 17.5 Å². The molecule has 0 amide bonds. The maximum absolute atomic E-state index is 10.4. The predicted molar refractivity (Wildman–Crippen MR) is 281 cm³/mol. The van der Waals surface area contributed by atoms with Gasteiger partial charge < -0.3 is 0 Å². The van der Waals surface area contributed by atoms with Gasteiger partial charge in [0.1, 0.15) is 0 Å². The lowest BCUT2D eigenvalue weighted by molar-refractivity contribution is 1.07. The van der Waals surface area contributed by atoms with Crippen molar-refractivity contribution in [2.24, 2.45) is 0 Å². The lowest BCUT2D eigenvalue weighted by Gasteiger charge is -2.14. The smallest absolute Gasteiger partial charge is 0.164 e. The number of benzene rings is 11. The molecule has 0 saturated carbocycles. The minimum absolute atomic E-state index is 0.566. The van der Waals surface area contributed by atoms with Crippen LogP contribution in [0.1, 0.15) is 5.56 Å². The Labute approximate surface area is 394 Å². The number of aromatic nitrogens is 3. The van der Waals surface area contributed by atoms with E-state index in [1.807, 2.05) is 54.6 Å². The molecule has 0 bridgehead atoms. The average molecular weight is 865 g/mol. The normalized spacial score (nSPS) is 11.2.